The number of ether oxygens (including phenoxy) is 1. The van der Waals surface area contributed by atoms with Gasteiger partial charge in [-0.25, -0.2) is 0 Å². The topological polar surface area (TPSA) is 71.5 Å². The Kier molecular flexibility index (Phi) is 5.51. The number of carbonyl (C=O) groups is 2. The fourth-order valence-electron chi connectivity index (χ4n) is 3.52. The van der Waals surface area contributed by atoms with Crippen molar-refractivity contribution >= 4 is 11.8 Å². The van der Waals surface area contributed by atoms with Crippen LogP contribution in [0.3, 0.4) is 0 Å². The number of hydrogen-bond acceptors (Lipinski definition) is 4. The Labute approximate surface area is 153 Å². The summed E-state index contributed by atoms with van der Waals surface area (Å²) >= 11 is 0. The summed E-state index contributed by atoms with van der Waals surface area (Å²) in [6.45, 7) is 0.455. The van der Waals surface area contributed by atoms with Gasteiger partial charge in [0.15, 0.2) is 0 Å². The van der Waals surface area contributed by atoms with Gasteiger partial charge in [-0.15, -0.1) is 0 Å². The minimum Gasteiger partial charge on any atom is -0.496 e. The number of aromatic nitrogens is 1. The molecule has 26 heavy (non-hydrogen) atoms. The average Bonchev–Trinajstić information content (AvgIpc) is 2.95. The SMILES string of the molecule is COc1ccccc1CC(=O)NC[C@@H]1CC(=O)N(C)[C@H]1c1ccncc1. The molecule has 2 aromatic rings. The lowest BCUT2D eigenvalue weighted by atomic mass is 9.94. The molecule has 2 heterocycles. The molecule has 136 valence electrons. The van der Waals surface area contributed by atoms with E-state index >= 15 is 0 Å². The molecule has 1 aliphatic heterocycles. The predicted molar refractivity (Wildman–Crippen MR) is 97.6 cm³/mol. The average molecular weight is 353 g/mol. The summed E-state index contributed by atoms with van der Waals surface area (Å²) in [4.78, 5) is 30.3. The molecule has 1 fully saturated rings. The van der Waals surface area contributed by atoms with Crippen LogP contribution in [-0.4, -0.2) is 42.4 Å². The molecule has 0 radical (unpaired) electrons. The van der Waals surface area contributed by atoms with Gasteiger partial charge < -0.3 is 15.0 Å². The van der Waals surface area contributed by atoms with Crippen molar-refractivity contribution in [2.45, 2.75) is 18.9 Å². The first kappa shape index (κ1) is 17.9. The number of methoxy groups -OCH3 is 1. The van der Waals surface area contributed by atoms with Crippen molar-refractivity contribution in [2.75, 3.05) is 20.7 Å². The molecule has 0 aliphatic carbocycles. The quantitative estimate of drug-likeness (QED) is 0.862. The van der Waals surface area contributed by atoms with Crippen LogP contribution in [-0.2, 0) is 16.0 Å². The van der Waals surface area contributed by atoms with Gasteiger partial charge in [-0.2, -0.15) is 0 Å². The Morgan fingerprint density at radius 2 is 2.00 bits per heavy atom. The van der Waals surface area contributed by atoms with E-state index in [9.17, 15) is 9.59 Å². The van der Waals surface area contributed by atoms with Crippen LogP contribution in [0.4, 0.5) is 0 Å². The van der Waals surface area contributed by atoms with Crippen molar-refractivity contribution in [1.29, 1.82) is 0 Å². The summed E-state index contributed by atoms with van der Waals surface area (Å²) in [7, 11) is 3.40. The first-order valence-corrected chi connectivity index (χ1v) is 8.64. The molecule has 1 N–H and O–H groups in total. The van der Waals surface area contributed by atoms with E-state index in [2.05, 4.69) is 10.3 Å². The van der Waals surface area contributed by atoms with E-state index < -0.39 is 0 Å². The van der Waals surface area contributed by atoms with Crippen molar-refractivity contribution in [3.8, 4) is 5.75 Å². The van der Waals surface area contributed by atoms with Crippen molar-refractivity contribution in [2.24, 2.45) is 5.92 Å². The van der Waals surface area contributed by atoms with E-state index in [1.165, 1.54) is 0 Å². The molecule has 1 aromatic heterocycles. The van der Waals surface area contributed by atoms with Crippen LogP contribution < -0.4 is 10.1 Å². The number of amides is 2. The van der Waals surface area contributed by atoms with Gasteiger partial charge in [-0.3, -0.25) is 14.6 Å². The highest BCUT2D eigenvalue weighted by molar-refractivity contribution is 5.81. The van der Waals surface area contributed by atoms with Crippen LogP contribution in [0.5, 0.6) is 5.75 Å². The third-order valence-electron chi connectivity index (χ3n) is 4.85. The van der Waals surface area contributed by atoms with Crippen LogP contribution in [0, 0.1) is 5.92 Å². The van der Waals surface area contributed by atoms with Crippen molar-refractivity contribution in [3.63, 3.8) is 0 Å². The smallest absolute Gasteiger partial charge is 0.224 e. The van der Waals surface area contributed by atoms with Gasteiger partial charge in [-0.1, -0.05) is 18.2 Å². The van der Waals surface area contributed by atoms with E-state index in [0.29, 0.717) is 18.7 Å². The Hall–Kier alpha value is -2.89. The number of hydrogen-bond donors (Lipinski definition) is 1. The van der Waals surface area contributed by atoms with Gasteiger partial charge in [-0.05, 0) is 23.8 Å². The molecule has 1 aliphatic rings. The van der Waals surface area contributed by atoms with E-state index in [1.807, 2.05) is 43.4 Å². The Morgan fingerprint density at radius 1 is 1.27 bits per heavy atom. The largest absolute Gasteiger partial charge is 0.496 e. The lowest BCUT2D eigenvalue weighted by molar-refractivity contribution is -0.127. The highest BCUT2D eigenvalue weighted by Crippen LogP contribution is 2.36. The van der Waals surface area contributed by atoms with Crippen molar-refractivity contribution < 1.29 is 14.3 Å². The summed E-state index contributed by atoms with van der Waals surface area (Å²) in [5, 5.41) is 2.98. The molecule has 1 saturated heterocycles. The minimum absolute atomic E-state index is 0.0384. The third kappa shape index (κ3) is 3.85. The number of benzene rings is 1. The van der Waals surface area contributed by atoms with Crippen molar-refractivity contribution in [3.05, 3.63) is 59.9 Å². The summed E-state index contributed by atoms with van der Waals surface area (Å²) in [5.41, 5.74) is 1.88. The molecule has 0 saturated carbocycles. The number of carbonyl (C=O) groups excluding carboxylic acids is 2. The van der Waals surface area contributed by atoms with Crippen LogP contribution >= 0.6 is 0 Å². The number of rotatable bonds is 6. The first-order valence-electron chi connectivity index (χ1n) is 8.64. The molecule has 2 amide bonds. The molecule has 2 atom stereocenters. The van der Waals surface area contributed by atoms with Gasteiger partial charge in [0.05, 0.1) is 19.6 Å². The second-order valence-corrected chi connectivity index (χ2v) is 6.49. The molecule has 1 aromatic carbocycles. The van der Waals surface area contributed by atoms with E-state index in [0.717, 1.165) is 11.1 Å². The van der Waals surface area contributed by atoms with E-state index in [-0.39, 0.29) is 30.2 Å². The standard InChI is InChI=1S/C20H23N3O3/c1-23-19(25)12-16(20(23)14-7-9-21-10-8-14)13-22-18(24)11-15-5-3-4-6-17(15)26-2/h3-10,16,20H,11-13H2,1-2H3,(H,22,24)/t16-,20-/m0/s1. The zero-order chi connectivity index (χ0) is 18.5. The molecular formula is C20H23N3O3. The summed E-state index contributed by atoms with van der Waals surface area (Å²) in [5.74, 6) is 0.755. The van der Waals surface area contributed by atoms with Gasteiger partial charge in [0.25, 0.3) is 0 Å². The summed E-state index contributed by atoms with van der Waals surface area (Å²) in [6.07, 6.45) is 4.13. The number of pyridine rings is 1. The fraction of sp³-hybridized carbons (Fsp3) is 0.350. The highest BCUT2D eigenvalue weighted by atomic mass is 16.5. The maximum atomic E-state index is 12.4. The molecular weight excluding hydrogens is 330 g/mol. The number of para-hydroxylation sites is 1. The number of nitrogens with zero attached hydrogens (tertiary/aromatic N) is 2. The zero-order valence-electron chi connectivity index (χ0n) is 15.0. The van der Waals surface area contributed by atoms with Crippen LogP contribution in [0.25, 0.3) is 0 Å². The van der Waals surface area contributed by atoms with Gasteiger partial charge >= 0.3 is 0 Å². The third-order valence-corrected chi connectivity index (χ3v) is 4.85. The summed E-state index contributed by atoms with van der Waals surface area (Å²) < 4.78 is 5.29. The summed E-state index contributed by atoms with van der Waals surface area (Å²) in [6, 6.07) is 11.3. The fourth-order valence-corrected chi connectivity index (χ4v) is 3.52. The predicted octanol–water partition coefficient (Wildman–Crippen LogP) is 1.97. The zero-order valence-corrected chi connectivity index (χ0v) is 15.0. The Morgan fingerprint density at radius 3 is 2.73 bits per heavy atom. The minimum atomic E-state index is -0.0787. The van der Waals surface area contributed by atoms with Gasteiger partial charge in [0.2, 0.25) is 11.8 Å². The number of nitrogens with one attached hydrogen (secondary N) is 1. The lowest BCUT2D eigenvalue weighted by Crippen LogP contribution is -2.33. The second-order valence-electron chi connectivity index (χ2n) is 6.49. The van der Waals surface area contributed by atoms with E-state index in [1.54, 1.807) is 24.4 Å². The Balaban J connectivity index is 1.64. The molecule has 0 spiro atoms. The lowest BCUT2D eigenvalue weighted by Gasteiger charge is -2.25. The Bertz CT molecular complexity index is 779. The van der Waals surface area contributed by atoms with Crippen molar-refractivity contribution in [1.82, 2.24) is 15.2 Å². The number of likely N-dealkylation sites (tertiary alicyclic amines) is 1. The molecule has 0 unspecified atom stereocenters. The monoisotopic (exact) mass is 353 g/mol. The van der Waals surface area contributed by atoms with Crippen LogP contribution in [0.1, 0.15) is 23.6 Å². The molecule has 0 bridgehead atoms. The maximum Gasteiger partial charge on any atom is 0.224 e. The normalized spacial score (nSPS) is 19.5. The molecule has 6 nitrogen and oxygen atoms in total. The van der Waals surface area contributed by atoms with Crippen LogP contribution in [0.2, 0.25) is 0 Å². The maximum absolute atomic E-state index is 12.4. The van der Waals surface area contributed by atoms with Crippen LogP contribution in [0.15, 0.2) is 48.8 Å². The van der Waals surface area contributed by atoms with E-state index in [4.69, 9.17) is 4.74 Å². The van der Waals surface area contributed by atoms with Gasteiger partial charge in [0.1, 0.15) is 5.75 Å². The first-order chi connectivity index (χ1) is 12.6. The highest BCUT2D eigenvalue weighted by Gasteiger charge is 2.38. The van der Waals surface area contributed by atoms with Gasteiger partial charge in [0, 0.05) is 43.9 Å². The second kappa shape index (κ2) is 7.99. The molecule has 3 rings (SSSR count). The molecule has 6 heteroatoms.